The van der Waals surface area contributed by atoms with Gasteiger partial charge in [-0.1, -0.05) is 61.0 Å². The van der Waals surface area contributed by atoms with E-state index in [0.29, 0.717) is 18.9 Å². The molecule has 0 aliphatic carbocycles. The fourth-order valence-electron chi connectivity index (χ4n) is 2.94. The largest absolute Gasteiger partial charge is 0.337 e. The van der Waals surface area contributed by atoms with E-state index in [-0.39, 0.29) is 12.5 Å². The van der Waals surface area contributed by atoms with E-state index < -0.39 is 0 Å². The van der Waals surface area contributed by atoms with E-state index in [1.54, 1.807) is 0 Å². The number of hydrogen-bond acceptors (Lipinski definition) is 4. The zero-order valence-corrected chi connectivity index (χ0v) is 16.1. The topological polar surface area (TPSA) is 63.9 Å². The molecule has 0 unspecified atom stereocenters. The minimum absolute atomic E-state index is 0.00819. The molecule has 2 aromatic carbocycles. The third-order valence-electron chi connectivity index (χ3n) is 4.46. The Morgan fingerprint density at radius 2 is 1.81 bits per heavy atom. The molecule has 0 N–H and O–H groups in total. The Kier molecular flexibility index (Phi) is 5.96. The highest BCUT2D eigenvalue weighted by atomic mass is 16.2. The van der Waals surface area contributed by atoms with Crippen molar-refractivity contribution in [1.29, 1.82) is 0 Å². The van der Waals surface area contributed by atoms with E-state index in [1.807, 2.05) is 36.1 Å². The maximum Gasteiger partial charge on any atom is 0.246 e. The standard InChI is InChI=1S/C21H25N5O/c1-4-13-25(14-18-11-9-16(2)10-12-18)20(27)15-26-23-21(22-24-26)19-8-6-5-7-17(19)3/h5-12H,4,13-15H2,1-3H3. The van der Waals surface area contributed by atoms with Crippen LogP contribution >= 0.6 is 0 Å². The molecule has 0 saturated carbocycles. The Morgan fingerprint density at radius 1 is 1.07 bits per heavy atom. The van der Waals surface area contributed by atoms with Crippen LogP contribution in [-0.4, -0.2) is 37.6 Å². The second-order valence-corrected chi connectivity index (χ2v) is 6.76. The molecule has 1 aromatic heterocycles. The first kappa shape index (κ1) is 18.8. The van der Waals surface area contributed by atoms with E-state index in [0.717, 1.165) is 23.1 Å². The Bertz CT molecular complexity index is 901. The lowest BCUT2D eigenvalue weighted by atomic mass is 10.1. The highest BCUT2D eigenvalue weighted by Gasteiger charge is 2.16. The Hall–Kier alpha value is -3.02. The molecule has 0 aliphatic rings. The number of nitrogens with zero attached hydrogens (tertiary/aromatic N) is 5. The molecule has 27 heavy (non-hydrogen) atoms. The van der Waals surface area contributed by atoms with Gasteiger partial charge in [-0.05, 0) is 36.6 Å². The predicted molar refractivity (Wildman–Crippen MR) is 105 cm³/mol. The van der Waals surface area contributed by atoms with Crippen LogP contribution in [0.2, 0.25) is 0 Å². The number of carbonyl (C=O) groups is 1. The summed E-state index contributed by atoms with van der Waals surface area (Å²) in [4.78, 5) is 16.0. The molecule has 140 valence electrons. The van der Waals surface area contributed by atoms with Crippen molar-refractivity contribution in [2.75, 3.05) is 6.54 Å². The van der Waals surface area contributed by atoms with Crippen LogP contribution in [0.25, 0.3) is 11.4 Å². The van der Waals surface area contributed by atoms with Crippen molar-refractivity contribution in [3.05, 3.63) is 65.2 Å². The smallest absolute Gasteiger partial charge is 0.246 e. The van der Waals surface area contributed by atoms with Crippen molar-refractivity contribution in [2.24, 2.45) is 0 Å². The molecular weight excluding hydrogens is 338 g/mol. The number of rotatable bonds is 7. The van der Waals surface area contributed by atoms with Crippen molar-refractivity contribution in [3.63, 3.8) is 0 Å². The Balaban J connectivity index is 1.70. The summed E-state index contributed by atoms with van der Waals surface area (Å²) in [7, 11) is 0. The molecular formula is C21H25N5O. The summed E-state index contributed by atoms with van der Waals surface area (Å²) in [5.74, 6) is 0.535. The number of tetrazole rings is 1. The molecule has 0 radical (unpaired) electrons. The Morgan fingerprint density at radius 3 is 2.52 bits per heavy atom. The average molecular weight is 363 g/mol. The number of hydrogen-bond donors (Lipinski definition) is 0. The normalized spacial score (nSPS) is 10.8. The minimum atomic E-state index is -0.00819. The summed E-state index contributed by atoms with van der Waals surface area (Å²) in [6.45, 7) is 7.51. The summed E-state index contributed by atoms with van der Waals surface area (Å²) >= 11 is 0. The third kappa shape index (κ3) is 4.78. The molecule has 1 amide bonds. The van der Waals surface area contributed by atoms with Gasteiger partial charge in [0.2, 0.25) is 11.7 Å². The number of aryl methyl sites for hydroxylation is 2. The van der Waals surface area contributed by atoms with Gasteiger partial charge in [0.1, 0.15) is 6.54 Å². The quantitative estimate of drug-likeness (QED) is 0.645. The summed E-state index contributed by atoms with van der Waals surface area (Å²) in [6, 6.07) is 16.1. The lowest BCUT2D eigenvalue weighted by Gasteiger charge is -2.22. The van der Waals surface area contributed by atoms with Crippen molar-refractivity contribution >= 4 is 5.91 Å². The molecule has 1 heterocycles. The second kappa shape index (κ2) is 8.58. The van der Waals surface area contributed by atoms with E-state index in [4.69, 9.17) is 0 Å². The first-order valence-corrected chi connectivity index (χ1v) is 9.24. The number of carbonyl (C=O) groups excluding carboxylic acids is 1. The van der Waals surface area contributed by atoms with E-state index >= 15 is 0 Å². The van der Waals surface area contributed by atoms with Crippen LogP contribution in [0.4, 0.5) is 0 Å². The zero-order chi connectivity index (χ0) is 19.2. The minimum Gasteiger partial charge on any atom is -0.337 e. The highest BCUT2D eigenvalue weighted by molar-refractivity contribution is 5.75. The van der Waals surface area contributed by atoms with Gasteiger partial charge in [-0.3, -0.25) is 4.79 Å². The van der Waals surface area contributed by atoms with Crippen LogP contribution in [-0.2, 0) is 17.9 Å². The van der Waals surface area contributed by atoms with Crippen LogP contribution in [0.15, 0.2) is 48.5 Å². The number of amides is 1. The summed E-state index contributed by atoms with van der Waals surface area (Å²) in [5, 5.41) is 12.6. The fourth-order valence-corrected chi connectivity index (χ4v) is 2.94. The lowest BCUT2D eigenvalue weighted by molar-refractivity contribution is -0.133. The molecule has 3 aromatic rings. The molecule has 0 saturated heterocycles. The number of aromatic nitrogens is 4. The van der Waals surface area contributed by atoms with Gasteiger partial charge in [0.15, 0.2) is 0 Å². The van der Waals surface area contributed by atoms with Crippen molar-refractivity contribution in [2.45, 2.75) is 40.3 Å². The highest BCUT2D eigenvalue weighted by Crippen LogP contribution is 2.18. The molecule has 0 aliphatic heterocycles. The maximum absolute atomic E-state index is 12.8. The van der Waals surface area contributed by atoms with Gasteiger partial charge in [-0.25, -0.2) is 0 Å². The molecule has 0 fully saturated rings. The van der Waals surface area contributed by atoms with Crippen LogP contribution in [0, 0.1) is 13.8 Å². The predicted octanol–water partition coefficient (Wildman–Crippen LogP) is 3.40. The van der Waals surface area contributed by atoms with Gasteiger partial charge < -0.3 is 4.90 Å². The van der Waals surface area contributed by atoms with Crippen molar-refractivity contribution in [3.8, 4) is 11.4 Å². The van der Waals surface area contributed by atoms with Gasteiger partial charge >= 0.3 is 0 Å². The van der Waals surface area contributed by atoms with Crippen LogP contribution in [0.3, 0.4) is 0 Å². The monoisotopic (exact) mass is 363 g/mol. The zero-order valence-electron chi connectivity index (χ0n) is 16.1. The Labute approximate surface area is 159 Å². The van der Waals surface area contributed by atoms with Crippen LogP contribution in [0.5, 0.6) is 0 Å². The fraction of sp³-hybridized carbons (Fsp3) is 0.333. The lowest BCUT2D eigenvalue weighted by Crippen LogP contribution is -2.34. The molecule has 0 atom stereocenters. The van der Waals surface area contributed by atoms with Gasteiger partial charge in [0.25, 0.3) is 0 Å². The molecule has 0 bridgehead atoms. The van der Waals surface area contributed by atoms with E-state index in [2.05, 4.69) is 53.5 Å². The maximum atomic E-state index is 12.8. The van der Waals surface area contributed by atoms with E-state index in [9.17, 15) is 4.79 Å². The SMILES string of the molecule is CCCN(Cc1ccc(C)cc1)C(=O)Cn1nnc(-c2ccccc2C)n1. The van der Waals surface area contributed by atoms with E-state index in [1.165, 1.54) is 10.4 Å². The number of benzene rings is 2. The van der Waals surface area contributed by atoms with Crippen molar-refractivity contribution in [1.82, 2.24) is 25.1 Å². The first-order chi connectivity index (χ1) is 13.1. The molecule has 0 spiro atoms. The summed E-state index contributed by atoms with van der Waals surface area (Å²) in [5.41, 5.74) is 4.34. The van der Waals surface area contributed by atoms with Crippen LogP contribution < -0.4 is 0 Å². The average Bonchev–Trinajstić information content (AvgIpc) is 3.11. The van der Waals surface area contributed by atoms with Crippen LogP contribution in [0.1, 0.15) is 30.0 Å². The van der Waals surface area contributed by atoms with Gasteiger partial charge in [-0.15, -0.1) is 10.2 Å². The summed E-state index contributed by atoms with van der Waals surface area (Å²) in [6.07, 6.45) is 0.900. The molecule has 3 rings (SSSR count). The first-order valence-electron chi connectivity index (χ1n) is 9.24. The molecule has 6 heteroatoms. The summed E-state index contributed by atoms with van der Waals surface area (Å²) < 4.78 is 0. The second-order valence-electron chi connectivity index (χ2n) is 6.76. The third-order valence-corrected chi connectivity index (χ3v) is 4.46. The van der Waals surface area contributed by atoms with Gasteiger partial charge in [0, 0.05) is 18.7 Å². The molecule has 6 nitrogen and oxygen atoms in total. The van der Waals surface area contributed by atoms with Gasteiger partial charge in [0.05, 0.1) is 0 Å². The van der Waals surface area contributed by atoms with Gasteiger partial charge in [-0.2, -0.15) is 4.80 Å². The van der Waals surface area contributed by atoms with Crippen molar-refractivity contribution < 1.29 is 4.79 Å².